The van der Waals surface area contributed by atoms with Crippen molar-refractivity contribution in [2.24, 2.45) is 0 Å². The largest absolute Gasteiger partial charge is 0.469 e. The standard InChI is InChI=1S/C18H22ClNO3/c1-23-18(22)9-3-2-6-14-20-17(21)8-5-4-7-15-10-12-16(19)13-11-15/h4-5,7-8,10-13H,2-3,6,9,14H2,1H3,(H,20,21). The van der Waals surface area contributed by atoms with E-state index in [1.807, 2.05) is 30.3 Å². The number of ether oxygens (including phenoxy) is 1. The second-order valence-corrected chi connectivity index (χ2v) is 5.38. The molecule has 1 aromatic rings. The SMILES string of the molecule is COC(=O)CCCCCNC(=O)C=CC=Cc1ccc(Cl)cc1. The highest BCUT2D eigenvalue weighted by atomic mass is 35.5. The maximum absolute atomic E-state index is 11.6. The van der Waals surface area contributed by atoms with Crippen molar-refractivity contribution in [2.45, 2.75) is 25.7 Å². The van der Waals surface area contributed by atoms with E-state index < -0.39 is 0 Å². The minimum Gasteiger partial charge on any atom is -0.469 e. The Morgan fingerprint density at radius 1 is 1.13 bits per heavy atom. The Kier molecular flexibility index (Phi) is 9.48. The van der Waals surface area contributed by atoms with Gasteiger partial charge in [-0.15, -0.1) is 0 Å². The van der Waals surface area contributed by atoms with Crippen LogP contribution in [0.3, 0.4) is 0 Å². The minimum atomic E-state index is -0.190. The zero-order valence-corrected chi connectivity index (χ0v) is 14.0. The molecular formula is C18H22ClNO3. The number of carbonyl (C=O) groups is 2. The van der Waals surface area contributed by atoms with Gasteiger partial charge in [0.25, 0.3) is 0 Å². The van der Waals surface area contributed by atoms with Gasteiger partial charge in [0.1, 0.15) is 0 Å². The molecular weight excluding hydrogens is 314 g/mol. The molecule has 0 aromatic heterocycles. The topological polar surface area (TPSA) is 55.4 Å². The van der Waals surface area contributed by atoms with Gasteiger partial charge < -0.3 is 10.1 Å². The third-order valence-electron chi connectivity index (χ3n) is 3.10. The molecule has 23 heavy (non-hydrogen) atoms. The summed E-state index contributed by atoms with van der Waals surface area (Å²) >= 11 is 5.80. The lowest BCUT2D eigenvalue weighted by Gasteiger charge is -2.02. The van der Waals surface area contributed by atoms with E-state index in [2.05, 4.69) is 10.1 Å². The lowest BCUT2D eigenvalue weighted by atomic mass is 10.2. The van der Waals surface area contributed by atoms with E-state index in [0.717, 1.165) is 24.8 Å². The smallest absolute Gasteiger partial charge is 0.305 e. The van der Waals surface area contributed by atoms with Gasteiger partial charge in [-0.25, -0.2) is 0 Å². The summed E-state index contributed by atoms with van der Waals surface area (Å²) in [5.41, 5.74) is 1.02. The number of unbranched alkanes of at least 4 members (excludes halogenated alkanes) is 2. The maximum atomic E-state index is 11.6. The highest BCUT2D eigenvalue weighted by Crippen LogP contribution is 2.10. The van der Waals surface area contributed by atoms with Crippen LogP contribution in [0.1, 0.15) is 31.2 Å². The van der Waals surface area contributed by atoms with Crippen molar-refractivity contribution >= 4 is 29.6 Å². The number of methoxy groups -OCH3 is 1. The van der Waals surface area contributed by atoms with Gasteiger partial charge in [-0.05, 0) is 30.5 Å². The van der Waals surface area contributed by atoms with Crippen molar-refractivity contribution in [2.75, 3.05) is 13.7 Å². The van der Waals surface area contributed by atoms with E-state index in [-0.39, 0.29) is 11.9 Å². The number of carbonyl (C=O) groups excluding carboxylic acids is 2. The van der Waals surface area contributed by atoms with Gasteiger partial charge in [0.2, 0.25) is 5.91 Å². The molecule has 4 nitrogen and oxygen atoms in total. The molecule has 0 heterocycles. The van der Waals surface area contributed by atoms with E-state index in [4.69, 9.17) is 11.6 Å². The molecule has 1 aromatic carbocycles. The van der Waals surface area contributed by atoms with Crippen molar-refractivity contribution in [1.82, 2.24) is 5.32 Å². The van der Waals surface area contributed by atoms with Crippen LogP contribution in [0.15, 0.2) is 42.5 Å². The fraction of sp³-hybridized carbons (Fsp3) is 0.333. The Hall–Kier alpha value is -2.07. The summed E-state index contributed by atoms with van der Waals surface area (Å²) in [6.45, 7) is 0.602. The van der Waals surface area contributed by atoms with Crippen LogP contribution in [0.25, 0.3) is 6.08 Å². The van der Waals surface area contributed by atoms with Crippen LogP contribution in [0.2, 0.25) is 5.02 Å². The van der Waals surface area contributed by atoms with Crippen LogP contribution < -0.4 is 5.32 Å². The normalized spacial score (nSPS) is 11.0. The lowest BCUT2D eigenvalue weighted by molar-refractivity contribution is -0.140. The molecule has 0 saturated carbocycles. The number of hydrogen-bond acceptors (Lipinski definition) is 3. The maximum Gasteiger partial charge on any atom is 0.305 e. The first-order valence-electron chi connectivity index (χ1n) is 7.57. The highest BCUT2D eigenvalue weighted by Gasteiger charge is 1.99. The molecule has 1 amide bonds. The van der Waals surface area contributed by atoms with Gasteiger partial charge >= 0.3 is 5.97 Å². The first-order chi connectivity index (χ1) is 11.1. The second-order valence-electron chi connectivity index (χ2n) is 4.95. The van der Waals surface area contributed by atoms with Crippen LogP contribution >= 0.6 is 11.6 Å². The Balaban J connectivity index is 2.13. The molecule has 0 aliphatic rings. The first-order valence-corrected chi connectivity index (χ1v) is 7.94. The molecule has 0 bridgehead atoms. The van der Waals surface area contributed by atoms with Crippen LogP contribution in [0.4, 0.5) is 0 Å². The molecule has 0 saturated heterocycles. The number of nitrogens with one attached hydrogen (secondary N) is 1. The molecule has 1 rings (SSSR count). The van der Waals surface area contributed by atoms with E-state index in [9.17, 15) is 9.59 Å². The van der Waals surface area contributed by atoms with Crippen LogP contribution in [-0.4, -0.2) is 25.5 Å². The summed E-state index contributed by atoms with van der Waals surface area (Å²) in [5.74, 6) is -0.317. The predicted molar refractivity (Wildman–Crippen MR) is 93.1 cm³/mol. The van der Waals surface area contributed by atoms with Gasteiger partial charge in [-0.2, -0.15) is 0 Å². The summed E-state index contributed by atoms with van der Waals surface area (Å²) < 4.78 is 4.56. The van der Waals surface area contributed by atoms with Crippen molar-refractivity contribution in [3.05, 3.63) is 53.1 Å². The number of esters is 1. The molecule has 0 radical (unpaired) electrons. The van der Waals surface area contributed by atoms with Crippen molar-refractivity contribution < 1.29 is 14.3 Å². The molecule has 0 spiro atoms. The number of amides is 1. The average molecular weight is 336 g/mol. The Morgan fingerprint density at radius 3 is 2.57 bits per heavy atom. The number of benzene rings is 1. The summed E-state index contributed by atoms with van der Waals surface area (Å²) in [6, 6.07) is 7.44. The van der Waals surface area contributed by atoms with Gasteiger partial charge in [0, 0.05) is 24.1 Å². The molecule has 1 N–H and O–H groups in total. The average Bonchev–Trinajstić information content (AvgIpc) is 2.56. The third-order valence-corrected chi connectivity index (χ3v) is 3.35. The van der Waals surface area contributed by atoms with E-state index in [1.165, 1.54) is 13.2 Å². The molecule has 0 aliphatic carbocycles. The number of halogens is 1. The van der Waals surface area contributed by atoms with Crippen molar-refractivity contribution in [1.29, 1.82) is 0 Å². The first kappa shape index (κ1) is 19.0. The molecule has 0 aliphatic heterocycles. The van der Waals surface area contributed by atoms with Gasteiger partial charge in [-0.3, -0.25) is 9.59 Å². The van der Waals surface area contributed by atoms with Crippen molar-refractivity contribution in [3.63, 3.8) is 0 Å². The Bertz CT molecular complexity index is 550. The van der Waals surface area contributed by atoms with E-state index in [1.54, 1.807) is 12.2 Å². The monoisotopic (exact) mass is 335 g/mol. The Morgan fingerprint density at radius 2 is 1.87 bits per heavy atom. The summed E-state index contributed by atoms with van der Waals surface area (Å²) in [7, 11) is 1.39. The van der Waals surface area contributed by atoms with Gasteiger partial charge in [-0.1, -0.05) is 48.4 Å². The summed E-state index contributed by atoms with van der Waals surface area (Å²) in [6.07, 6.45) is 9.82. The van der Waals surface area contributed by atoms with Crippen LogP contribution in [0.5, 0.6) is 0 Å². The van der Waals surface area contributed by atoms with E-state index >= 15 is 0 Å². The lowest BCUT2D eigenvalue weighted by Crippen LogP contribution is -2.22. The third kappa shape index (κ3) is 9.53. The highest BCUT2D eigenvalue weighted by molar-refractivity contribution is 6.30. The fourth-order valence-electron chi connectivity index (χ4n) is 1.83. The Labute approximate surface area is 142 Å². The zero-order valence-electron chi connectivity index (χ0n) is 13.3. The molecule has 0 unspecified atom stereocenters. The van der Waals surface area contributed by atoms with Gasteiger partial charge in [0.05, 0.1) is 7.11 Å². The van der Waals surface area contributed by atoms with Crippen molar-refractivity contribution in [3.8, 4) is 0 Å². The quantitative estimate of drug-likeness (QED) is 0.323. The number of hydrogen-bond donors (Lipinski definition) is 1. The molecule has 124 valence electrons. The van der Waals surface area contributed by atoms with E-state index in [0.29, 0.717) is 18.0 Å². The molecule has 5 heteroatoms. The van der Waals surface area contributed by atoms with Crippen LogP contribution in [-0.2, 0) is 14.3 Å². The zero-order chi connectivity index (χ0) is 16.9. The fourth-order valence-corrected chi connectivity index (χ4v) is 1.95. The molecule has 0 atom stereocenters. The number of allylic oxidation sites excluding steroid dienone is 2. The van der Waals surface area contributed by atoms with Gasteiger partial charge in [0.15, 0.2) is 0 Å². The minimum absolute atomic E-state index is 0.126. The molecule has 0 fully saturated rings. The summed E-state index contributed by atoms with van der Waals surface area (Å²) in [5, 5.41) is 3.50. The van der Waals surface area contributed by atoms with Crippen LogP contribution in [0, 0.1) is 0 Å². The number of rotatable bonds is 9. The predicted octanol–water partition coefficient (Wildman–Crippen LogP) is 3.76. The summed E-state index contributed by atoms with van der Waals surface area (Å²) in [4.78, 5) is 22.5. The second kappa shape index (κ2) is 11.5.